The summed E-state index contributed by atoms with van der Waals surface area (Å²) in [6.07, 6.45) is 4.25. The van der Waals surface area contributed by atoms with Gasteiger partial charge in [-0.25, -0.2) is 4.98 Å². The third-order valence-electron chi connectivity index (χ3n) is 3.87. The van der Waals surface area contributed by atoms with Crippen LogP contribution in [0, 0.1) is 0 Å². The van der Waals surface area contributed by atoms with Gasteiger partial charge >= 0.3 is 0 Å². The molecule has 0 spiro atoms. The molecule has 1 saturated heterocycles. The molecule has 6 heteroatoms. The fraction of sp³-hybridized carbons (Fsp3) is 0.294. The molecular weight excluding hydrogens is 312 g/mol. The zero-order valence-electron chi connectivity index (χ0n) is 12.9. The van der Waals surface area contributed by atoms with Crippen molar-refractivity contribution in [2.45, 2.75) is 19.4 Å². The van der Waals surface area contributed by atoms with Crippen molar-refractivity contribution in [2.75, 3.05) is 23.7 Å². The Morgan fingerprint density at radius 1 is 1.17 bits per heavy atom. The number of carbonyl (C=O) groups is 1. The summed E-state index contributed by atoms with van der Waals surface area (Å²) >= 11 is 0. The fourth-order valence-electron chi connectivity index (χ4n) is 2.61. The van der Waals surface area contributed by atoms with Crippen LogP contribution in [0.4, 0.5) is 11.5 Å². The molecule has 1 aliphatic heterocycles. The van der Waals surface area contributed by atoms with Crippen LogP contribution in [0.15, 0.2) is 42.6 Å². The van der Waals surface area contributed by atoms with Crippen LogP contribution in [0.5, 0.6) is 0 Å². The van der Waals surface area contributed by atoms with Crippen LogP contribution in [0.3, 0.4) is 0 Å². The Bertz CT molecular complexity index is 654. The number of rotatable bonds is 4. The number of amides is 1. The SMILES string of the molecule is Cl.Nc1ccc(C(=O)NCc2ccnc(N3CCCC3)c2)cc1. The van der Waals surface area contributed by atoms with E-state index in [0.717, 1.165) is 24.5 Å². The number of nitrogen functional groups attached to an aromatic ring is 1. The number of carbonyl (C=O) groups excluding carboxylic acids is 1. The third kappa shape index (κ3) is 4.36. The molecule has 1 aromatic carbocycles. The summed E-state index contributed by atoms with van der Waals surface area (Å²) in [5.41, 5.74) is 7.95. The van der Waals surface area contributed by atoms with E-state index in [0.29, 0.717) is 17.8 Å². The minimum Gasteiger partial charge on any atom is -0.399 e. The first-order valence-corrected chi connectivity index (χ1v) is 7.56. The van der Waals surface area contributed by atoms with Gasteiger partial charge in [-0.1, -0.05) is 0 Å². The molecule has 0 unspecified atom stereocenters. The molecule has 1 aliphatic rings. The lowest BCUT2D eigenvalue weighted by atomic mass is 10.2. The number of hydrogen-bond acceptors (Lipinski definition) is 4. The predicted octanol–water partition coefficient (Wildman–Crippen LogP) is 2.62. The van der Waals surface area contributed by atoms with Gasteiger partial charge in [0.25, 0.3) is 5.91 Å². The summed E-state index contributed by atoms with van der Waals surface area (Å²) in [6, 6.07) is 10.9. The summed E-state index contributed by atoms with van der Waals surface area (Å²) in [4.78, 5) is 18.8. The van der Waals surface area contributed by atoms with E-state index in [2.05, 4.69) is 21.3 Å². The molecular formula is C17H21ClN4O. The highest BCUT2D eigenvalue weighted by Gasteiger charge is 2.13. The highest BCUT2D eigenvalue weighted by atomic mass is 35.5. The lowest BCUT2D eigenvalue weighted by Gasteiger charge is -2.17. The number of nitrogens with one attached hydrogen (secondary N) is 1. The number of hydrogen-bond donors (Lipinski definition) is 2. The number of halogens is 1. The summed E-state index contributed by atoms with van der Waals surface area (Å²) < 4.78 is 0. The minimum atomic E-state index is -0.0977. The van der Waals surface area contributed by atoms with Crippen molar-refractivity contribution < 1.29 is 4.79 Å². The average Bonchev–Trinajstić information content (AvgIpc) is 3.08. The van der Waals surface area contributed by atoms with E-state index >= 15 is 0 Å². The topological polar surface area (TPSA) is 71.2 Å². The van der Waals surface area contributed by atoms with Crippen LogP contribution in [0.2, 0.25) is 0 Å². The molecule has 3 N–H and O–H groups in total. The standard InChI is InChI=1S/C17H20N4O.ClH/c18-15-5-3-14(4-6-15)17(22)20-12-13-7-8-19-16(11-13)21-9-1-2-10-21;/h3-8,11H,1-2,9-10,12,18H2,(H,20,22);1H. The molecule has 0 bridgehead atoms. The highest BCUT2D eigenvalue weighted by molar-refractivity contribution is 5.94. The van der Waals surface area contributed by atoms with Crippen LogP contribution in [0.1, 0.15) is 28.8 Å². The van der Waals surface area contributed by atoms with Gasteiger partial charge in [0.1, 0.15) is 5.82 Å². The first-order chi connectivity index (χ1) is 10.7. The summed E-state index contributed by atoms with van der Waals surface area (Å²) in [7, 11) is 0. The molecule has 2 heterocycles. The predicted molar refractivity (Wildman–Crippen MR) is 95.0 cm³/mol. The molecule has 0 aliphatic carbocycles. The molecule has 2 aromatic rings. The van der Waals surface area contributed by atoms with Crippen molar-refractivity contribution in [3.63, 3.8) is 0 Å². The Morgan fingerprint density at radius 2 is 1.87 bits per heavy atom. The van der Waals surface area contributed by atoms with Crippen molar-refractivity contribution >= 4 is 29.8 Å². The average molecular weight is 333 g/mol. The van der Waals surface area contributed by atoms with Crippen molar-refractivity contribution in [1.29, 1.82) is 0 Å². The molecule has 1 aromatic heterocycles. The smallest absolute Gasteiger partial charge is 0.251 e. The second-order valence-corrected chi connectivity index (χ2v) is 5.52. The van der Waals surface area contributed by atoms with Gasteiger partial charge in [-0.3, -0.25) is 4.79 Å². The van der Waals surface area contributed by atoms with Gasteiger partial charge < -0.3 is 16.0 Å². The first kappa shape index (κ1) is 17.1. The van der Waals surface area contributed by atoms with E-state index in [9.17, 15) is 4.79 Å². The van der Waals surface area contributed by atoms with E-state index in [1.807, 2.05) is 6.07 Å². The van der Waals surface area contributed by atoms with E-state index in [1.165, 1.54) is 12.8 Å². The van der Waals surface area contributed by atoms with E-state index in [4.69, 9.17) is 5.73 Å². The molecule has 1 amide bonds. The Kier molecular flexibility index (Phi) is 5.82. The second-order valence-electron chi connectivity index (χ2n) is 5.52. The molecule has 23 heavy (non-hydrogen) atoms. The number of pyridine rings is 1. The number of nitrogens with zero attached hydrogens (tertiary/aromatic N) is 2. The summed E-state index contributed by atoms with van der Waals surface area (Å²) in [5, 5.41) is 2.93. The van der Waals surface area contributed by atoms with Crippen LogP contribution in [0.25, 0.3) is 0 Å². The quantitative estimate of drug-likeness (QED) is 0.844. The van der Waals surface area contributed by atoms with Gasteiger partial charge in [0, 0.05) is 37.1 Å². The van der Waals surface area contributed by atoms with E-state index in [1.54, 1.807) is 30.5 Å². The van der Waals surface area contributed by atoms with E-state index in [-0.39, 0.29) is 18.3 Å². The molecule has 5 nitrogen and oxygen atoms in total. The number of aromatic nitrogens is 1. The van der Waals surface area contributed by atoms with Crippen LogP contribution in [-0.2, 0) is 6.54 Å². The maximum absolute atomic E-state index is 12.1. The number of benzene rings is 1. The van der Waals surface area contributed by atoms with Gasteiger partial charge in [-0.2, -0.15) is 0 Å². The number of anilines is 2. The third-order valence-corrected chi connectivity index (χ3v) is 3.87. The minimum absolute atomic E-state index is 0. The Hall–Kier alpha value is -2.27. The normalized spacial score (nSPS) is 13.5. The van der Waals surface area contributed by atoms with Gasteiger partial charge in [0.2, 0.25) is 0 Å². The van der Waals surface area contributed by atoms with Crippen molar-refractivity contribution in [3.8, 4) is 0 Å². The van der Waals surface area contributed by atoms with Crippen LogP contribution in [-0.4, -0.2) is 24.0 Å². The largest absolute Gasteiger partial charge is 0.399 e. The summed E-state index contributed by atoms with van der Waals surface area (Å²) in [6.45, 7) is 2.62. The van der Waals surface area contributed by atoms with Gasteiger partial charge in [-0.15, -0.1) is 12.4 Å². The lowest BCUT2D eigenvalue weighted by Crippen LogP contribution is -2.23. The summed E-state index contributed by atoms with van der Waals surface area (Å²) in [5.74, 6) is 0.899. The Morgan fingerprint density at radius 3 is 2.57 bits per heavy atom. The molecule has 1 fully saturated rings. The number of nitrogens with two attached hydrogens (primary N) is 1. The fourth-order valence-corrected chi connectivity index (χ4v) is 2.61. The Balaban J connectivity index is 0.00000192. The van der Waals surface area contributed by atoms with Gasteiger partial charge in [-0.05, 0) is 54.8 Å². The maximum Gasteiger partial charge on any atom is 0.251 e. The molecule has 0 radical (unpaired) electrons. The molecule has 3 rings (SSSR count). The zero-order valence-corrected chi connectivity index (χ0v) is 13.7. The van der Waals surface area contributed by atoms with Crippen molar-refractivity contribution in [1.82, 2.24) is 10.3 Å². The molecule has 0 saturated carbocycles. The lowest BCUT2D eigenvalue weighted by molar-refractivity contribution is 0.0951. The maximum atomic E-state index is 12.1. The molecule has 122 valence electrons. The van der Waals surface area contributed by atoms with Gasteiger partial charge in [0.05, 0.1) is 0 Å². The second kappa shape index (κ2) is 7.83. The van der Waals surface area contributed by atoms with Crippen molar-refractivity contribution in [2.24, 2.45) is 0 Å². The molecule has 0 atom stereocenters. The highest BCUT2D eigenvalue weighted by Crippen LogP contribution is 2.18. The van der Waals surface area contributed by atoms with Gasteiger partial charge in [0.15, 0.2) is 0 Å². The first-order valence-electron chi connectivity index (χ1n) is 7.56. The van der Waals surface area contributed by atoms with E-state index < -0.39 is 0 Å². The van der Waals surface area contributed by atoms with Crippen LogP contribution < -0.4 is 16.0 Å². The monoisotopic (exact) mass is 332 g/mol. The Labute approximate surface area is 142 Å². The zero-order chi connectivity index (χ0) is 15.4. The van der Waals surface area contributed by atoms with Crippen LogP contribution >= 0.6 is 12.4 Å². The van der Waals surface area contributed by atoms with Crippen molar-refractivity contribution in [3.05, 3.63) is 53.7 Å².